The van der Waals surface area contributed by atoms with E-state index in [0.29, 0.717) is 6.04 Å². The predicted molar refractivity (Wildman–Crippen MR) is 130 cm³/mol. The minimum Gasteiger partial charge on any atom is -0.363 e. The first-order chi connectivity index (χ1) is 15.7. The Balaban J connectivity index is 1.25. The van der Waals surface area contributed by atoms with Gasteiger partial charge in [-0.25, -0.2) is 9.78 Å². The number of fused-ring (bicyclic) bond motifs is 2. The highest BCUT2D eigenvalue weighted by Gasteiger charge is 2.22. The molecule has 2 amide bonds. The lowest BCUT2D eigenvalue weighted by atomic mass is 10.1. The molecule has 1 aromatic heterocycles. The van der Waals surface area contributed by atoms with Crippen LogP contribution >= 0.6 is 0 Å². The van der Waals surface area contributed by atoms with Crippen molar-refractivity contribution in [2.75, 3.05) is 10.6 Å². The second-order valence-electron chi connectivity index (χ2n) is 8.27. The average molecular weight is 423 g/mol. The molecule has 32 heavy (non-hydrogen) atoms. The monoisotopic (exact) mass is 422 g/mol. The maximum atomic E-state index is 12.4. The largest absolute Gasteiger partial charge is 0.363 e. The molecule has 0 radical (unpaired) electrons. The second kappa shape index (κ2) is 8.71. The first kappa shape index (κ1) is 20.1. The molecular weight excluding hydrogens is 396 g/mol. The fourth-order valence-corrected chi connectivity index (χ4v) is 4.36. The summed E-state index contributed by atoms with van der Waals surface area (Å²) in [4.78, 5) is 17.2. The van der Waals surface area contributed by atoms with E-state index >= 15 is 0 Å². The van der Waals surface area contributed by atoms with E-state index < -0.39 is 0 Å². The number of nitrogens with zero attached hydrogens (tertiary/aromatic N) is 1. The van der Waals surface area contributed by atoms with Crippen LogP contribution in [0.1, 0.15) is 42.1 Å². The number of urea groups is 1. The normalized spacial score (nSPS) is 15.7. The van der Waals surface area contributed by atoms with Crippen LogP contribution in [0.15, 0.2) is 84.9 Å². The highest BCUT2D eigenvalue weighted by Crippen LogP contribution is 2.33. The van der Waals surface area contributed by atoms with Gasteiger partial charge in [-0.2, -0.15) is 0 Å². The SMILES string of the molecule is C[C@@H](NC(=O)Nc1ccc2nc(N[C@@H]3CCc4ccccc43)ccc2c1)c1ccccc1. The molecule has 0 spiro atoms. The quantitative estimate of drug-likeness (QED) is 0.358. The minimum atomic E-state index is -0.230. The summed E-state index contributed by atoms with van der Waals surface area (Å²) < 4.78 is 0. The number of nitrogens with one attached hydrogen (secondary N) is 3. The van der Waals surface area contributed by atoms with Crippen LogP contribution in [-0.2, 0) is 6.42 Å². The fraction of sp³-hybridized carbons (Fsp3) is 0.185. The molecule has 4 aromatic rings. The molecule has 0 fully saturated rings. The third-order valence-corrected chi connectivity index (χ3v) is 6.05. The topological polar surface area (TPSA) is 66.0 Å². The van der Waals surface area contributed by atoms with E-state index in [9.17, 15) is 4.79 Å². The van der Waals surface area contributed by atoms with Gasteiger partial charge in [0.15, 0.2) is 0 Å². The van der Waals surface area contributed by atoms with E-state index in [1.54, 1.807) is 0 Å². The number of carbonyl (C=O) groups is 1. The van der Waals surface area contributed by atoms with Crippen molar-refractivity contribution < 1.29 is 4.79 Å². The number of aryl methyl sites for hydroxylation is 1. The molecule has 3 N–H and O–H groups in total. The van der Waals surface area contributed by atoms with Gasteiger partial charge in [-0.05, 0) is 66.8 Å². The lowest BCUT2D eigenvalue weighted by Crippen LogP contribution is -2.31. The zero-order valence-electron chi connectivity index (χ0n) is 18.0. The molecule has 0 bridgehead atoms. The Hall–Kier alpha value is -3.86. The number of rotatable bonds is 5. The van der Waals surface area contributed by atoms with Crippen molar-refractivity contribution in [2.45, 2.75) is 31.8 Å². The smallest absolute Gasteiger partial charge is 0.319 e. The summed E-state index contributed by atoms with van der Waals surface area (Å²) in [7, 11) is 0. The Bertz CT molecular complexity index is 1250. The zero-order valence-corrected chi connectivity index (χ0v) is 18.0. The molecule has 5 heteroatoms. The number of pyridine rings is 1. The number of benzene rings is 3. The molecule has 1 aliphatic carbocycles. The summed E-state index contributed by atoms with van der Waals surface area (Å²) in [5.41, 5.74) is 5.48. The maximum absolute atomic E-state index is 12.4. The van der Waals surface area contributed by atoms with Crippen LogP contribution in [0.4, 0.5) is 16.3 Å². The van der Waals surface area contributed by atoms with Gasteiger partial charge in [0, 0.05) is 11.1 Å². The van der Waals surface area contributed by atoms with Crippen molar-refractivity contribution in [1.29, 1.82) is 0 Å². The first-order valence-electron chi connectivity index (χ1n) is 11.0. The van der Waals surface area contributed by atoms with Gasteiger partial charge in [-0.3, -0.25) is 0 Å². The van der Waals surface area contributed by atoms with Crippen molar-refractivity contribution in [1.82, 2.24) is 10.3 Å². The van der Waals surface area contributed by atoms with Gasteiger partial charge in [0.1, 0.15) is 5.82 Å². The molecule has 1 heterocycles. The van der Waals surface area contributed by atoms with E-state index in [0.717, 1.165) is 40.8 Å². The van der Waals surface area contributed by atoms with Gasteiger partial charge in [0.2, 0.25) is 0 Å². The van der Waals surface area contributed by atoms with Gasteiger partial charge >= 0.3 is 6.03 Å². The van der Waals surface area contributed by atoms with E-state index in [4.69, 9.17) is 4.98 Å². The summed E-state index contributed by atoms with van der Waals surface area (Å²) in [6.45, 7) is 1.97. The first-order valence-corrected chi connectivity index (χ1v) is 11.0. The van der Waals surface area contributed by atoms with Gasteiger partial charge in [-0.15, -0.1) is 0 Å². The van der Waals surface area contributed by atoms with Crippen molar-refractivity contribution in [3.63, 3.8) is 0 Å². The summed E-state index contributed by atoms with van der Waals surface area (Å²) in [5, 5.41) is 10.5. The van der Waals surface area contributed by atoms with Gasteiger partial charge in [-0.1, -0.05) is 54.6 Å². The molecule has 0 saturated heterocycles. The van der Waals surface area contributed by atoms with E-state index in [1.807, 2.05) is 67.6 Å². The Morgan fingerprint density at radius 1 is 0.969 bits per heavy atom. The van der Waals surface area contributed by atoms with Crippen LogP contribution in [0.25, 0.3) is 10.9 Å². The third-order valence-electron chi connectivity index (χ3n) is 6.05. The number of amides is 2. The summed E-state index contributed by atoms with van der Waals surface area (Å²) >= 11 is 0. The Labute approximate surface area is 187 Å². The van der Waals surface area contributed by atoms with Crippen LogP contribution in [-0.4, -0.2) is 11.0 Å². The standard InChI is InChI=1S/C27H26N4O/c1-18(19-7-3-2-4-8-19)28-27(32)29-22-13-15-24-21(17-22)12-16-26(30-24)31-25-14-11-20-9-5-6-10-23(20)25/h2-10,12-13,15-18,25H,11,14H2,1H3,(H,30,31)(H2,28,29,32)/t18-,25-/m1/s1. The number of carbonyl (C=O) groups excluding carboxylic acids is 1. The molecule has 0 aliphatic heterocycles. The molecule has 0 unspecified atom stereocenters. The third kappa shape index (κ3) is 4.28. The molecule has 0 saturated carbocycles. The average Bonchev–Trinajstić information content (AvgIpc) is 3.22. The highest BCUT2D eigenvalue weighted by atomic mass is 16.2. The Kier molecular flexibility index (Phi) is 5.46. The van der Waals surface area contributed by atoms with Gasteiger partial charge in [0.25, 0.3) is 0 Å². The molecule has 1 aliphatic rings. The van der Waals surface area contributed by atoms with E-state index in [1.165, 1.54) is 11.1 Å². The lowest BCUT2D eigenvalue weighted by molar-refractivity contribution is 0.249. The fourth-order valence-electron chi connectivity index (χ4n) is 4.36. The lowest BCUT2D eigenvalue weighted by Gasteiger charge is -2.16. The molecule has 160 valence electrons. The summed E-state index contributed by atoms with van der Waals surface area (Å²) in [5.74, 6) is 0.870. The molecule has 5 rings (SSSR count). The molecule has 5 nitrogen and oxygen atoms in total. The number of hydrogen-bond acceptors (Lipinski definition) is 3. The molecule has 3 aromatic carbocycles. The van der Waals surface area contributed by atoms with Crippen molar-refractivity contribution >= 4 is 28.4 Å². The summed E-state index contributed by atoms with van der Waals surface area (Å²) in [6, 6.07) is 28.3. The number of aromatic nitrogens is 1. The number of anilines is 2. The molecular formula is C27H26N4O. The Morgan fingerprint density at radius 2 is 1.78 bits per heavy atom. The van der Waals surface area contributed by atoms with Crippen molar-refractivity contribution in [3.05, 3.63) is 102 Å². The van der Waals surface area contributed by atoms with Crippen LogP contribution in [0.3, 0.4) is 0 Å². The van der Waals surface area contributed by atoms with Gasteiger partial charge in [0.05, 0.1) is 17.6 Å². The highest BCUT2D eigenvalue weighted by molar-refractivity contribution is 5.93. The van der Waals surface area contributed by atoms with Crippen LogP contribution in [0.2, 0.25) is 0 Å². The van der Waals surface area contributed by atoms with Crippen molar-refractivity contribution in [3.8, 4) is 0 Å². The van der Waals surface area contributed by atoms with E-state index in [2.05, 4.69) is 40.2 Å². The maximum Gasteiger partial charge on any atom is 0.319 e. The number of hydrogen-bond donors (Lipinski definition) is 3. The minimum absolute atomic E-state index is 0.0762. The van der Waals surface area contributed by atoms with Crippen LogP contribution in [0, 0.1) is 0 Å². The Morgan fingerprint density at radius 3 is 2.66 bits per heavy atom. The predicted octanol–water partition coefficient (Wildman–Crippen LogP) is 6.22. The molecule has 2 atom stereocenters. The van der Waals surface area contributed by atoms with Crippen molar-refractivity contribution in [2.24, 2.45) is 0 Å². The van der Waals surface area contributed by atoms with Crippen LogP contribution < -0.4 is 16.0 Å². The van der Waals surface area contributed by atoms with Crippen LogP contribution in [0.5, 0.6) is 0 Å². The zero-order chi connectivity index (χ0) is 21.9. The summed E-state index contributed by atoms with van der Waals surface area (Å²) in [6.07, 6.45) is 2.18. The second-order valence-corrected chi connectivity index (χ2v) is 8.27. The van der Waals surface area contributed by atoms with Gasteiger partial charge < -0.3 is 16.0 Å². The van der Waals surface area contributed by atoms with E-state index in [-0.39, 0.29) is 12.1 Å².